The molecule has 0 radical (unpaired) electrons. The predicted octanol–water partition coefficient (Wildman–Crippen LogP) is 4.39. The lowest BCUT2D eigenvalue weighted by Gasteiger charge is -2.03. The summed E-state index contributed by atoms with van der Waals surface area (Å²) in [7, 11) is 0. The van der Waals surface area contributed by atoms with Gasteiger partial charge in [-0.15, -0.1) is 23.1 Å². The van der Waals surface area contributed by atoms with E-state index in [-0.39, 0.29) is 0 Å². The highest BCUT2D eigenvalue weighted by Gasteiger charge is 1.95. The molecule has 1 aromatic heterocycles. The van der Waals surface area contributed by atoms with E-state index in [9.17, 15) is 0 Å². The molecule has 0 saturated carbocycles. The standard InChI is InChI=1S/C13H14BrNS2/c14-11-3-5-12(6-4-11)17-9-7-15-10-13-2-1-8-16-13/h1-6,8,15H,7,9-10H2. The van der Waals surface area contributed by atoms with Gasteiger partial charge < -0.3 is 5.32 Å². The molecular weight excluding hydrogens is 314 g/mol. The first kappa shape index (κ1) is 13.1. The van der Waals surface area contributed by atoms with Gasteiger partial charge in [-0.2, -0.15) is 0 Å². The maximum absolute atomic E-state index is 3.45. The smallest absolute Gasteiger partial charge is 0.0300 e. The van der Waals surface area contributed by atoms with Gasteiger partial charge in [-0.25, -0.2) is 0 Å². The average molecular weight is 328 g/mol. The molecule has 17 heavy (non-hydrogen) atoms. The lowest BCUT2D eigenvalue weighted by molar-refractivity contribution is 0.741. The highest BCUT2D eigenvalue weighted by Crippen LogP contribution is 2.20. The first-order chi connectivity index (χ1) is 8.34. The van der Waals surface area contributed by atoms with Crippen LogP contribution in [0.4, 0.5) is 0 Å². The van der Waals surface area contributed by atoms with Crippen LogP contribution >= 0.6 is 39.0 Å². The molecule has 90 valence electrons. The van der Waals surface area contributed by atoms with Crippen molar-refractivity contribution in [2.45, 2.75) is 11.4 Å². The second kappa shape index (κ2) is 7.21. The number of thioether (sulfide) groups is 1. The fourth-order valence-electron chi connectivity index (χ4n) is 1.40. The van der Waals surface area contributed by atoms with Crippen molar-refractivity contribution in [2.24, 2.45) is 0 Å². The van der Waals surface area contributed by atoms with Gasteiger partial charge in [0.1, 0.15) is 0 Å². The molecule has 1 heterocycles. The van der Waals surface area contributed by atoms with Crippen LogP contribution in [0.5, 0.6) is 0 Å². The van der Waals surface area contributed by atoms with E-state index >= 15 is 0 Å². The fourth-order valence-corrected chi connectivity index (χ4v) is 3.15. The Bertz CT molecular complexity index is 425. The zero-order chi connectivity index (χ0) is 11.9. The van der Waals surface area contributed by atoms with Crippen LogP contribution in [0.2, 0.25) is 0 Å². The van der Waals surface area contributed by atoms with Crippen molar-refractivity contribution in [2.75, 3.05) is 12.3 Å². The van der Waals surface area contributed by atoms with Crippen LogP contribution in [0, 0.1) is 0 Å². The van der Waals surface area contributed by atoms with Crippen LogP contribution in [-0.4, -0.2) is 12.3 Å². The summed E-state index contributed by atoms with van der Waals surface area (Å²) in [5.74, 6) is 1.10. The summed E-state index contributed by atoms with van der Waals surface area (Å²) in [6.07, 6.45) is 0. The van der Waals surface area contributed by atoms with Gasteiger partial charge in [-0.3, -0.25) is 0 Å². The van der Waals surface area contributed by atoms with Crippen molar-refractivity contribution in [3.05, 3.63) is 51.1 Å². The topological polar surface area (TPSA) is 12.0 Å². The zero-order valence-electron chi connectivity index (χ0n) is 9.36. The molecule has 0 atom stereocenters. The average Bonchev–Trinajstić information content (AvgIpc) is 2.84. The van der Waals surface area contributed by atoms with Gasteiger partial charge >= 0.3 is 0 Å². The van der Waals surface area contributed by atoms with Crippen LogP contribution in [0.15, 0.2) is 51.1 Å². The number of halogens is 1. The van der Waals surface area contributed by atoms with Crippen molar-refractivity contribution in [1.82, 2.24) is 5.32 Å². The van der Waals surface area contributed by atoms with Gasteiger partial charge in [-0.1, -0.05) is 22.0 Å². The van der Waals surface area contributed by atoms with E-state index < -0.39 is 0 Å². The zero-order valence-corrected chi connectivity index (χ0v) is 12.6. The normalized spacial score (nSPS) is 10.6. The van der Waals surface area contributed by atoms with Crippen LogP contribution in [0.1, 0.15) is 4.88 Å². The SMILES string of the molecule is Brc1ccc(SCCNCc2cccs2)cc1. The van der Waals surface area contributed by atoms with Gasteiger partial charge in [0.05, 0.1) is 0 Å². The van der Waals surface area contributed by atoms with Gasteiger partial charge in [0.2, 0.25) is 0 Å². The third-order valence-electron chi connectivity index (χ3n) is 2.24. The molecule has 0 aliphatic rings. The number of hydrogen-bond acceptors (Lipinski definition) is 3. The number of nitrogens with one attached hydrogen (secondary N) is 1. The first-order valence-electron chi connectivity index (χ1n) is 5.46. The first-order valence-corrected chi connectivity index (χ1v) is 8.12. The Balaban J connectivity index is 1.61. The van der Waals surface area contributed by atoms with Gasteiger partial charge in [0.25, 0.3) is 0 Å². The van der Waals surface area contributed by atoms with E-state index in [1.807, 2.05) is 11.8 Å². The number of rotatable bonds is 6. The van der Waals surface area contributed by atoms with E-state index in [1.54, 1.807) is 11.3 Å². The molecule has 0 aliphatic heterocycles. The molecule has 0 spiro atoms. The summed E-state index contributed by atoms with van der Waals surface area (Å²) < 4.78 is 1.14. The molecule has 0 unspecified atom stereocenters. The molecule has 4 heteroatoms. The lowest BCUT2D eigenvalue weighted by Crippen LogP contribution is -2.15. The maximum atomic E-state index is 3.45. The van der Waals surface area contributed by atoms with E-state index in [0.717, 1.165) is 23.3 Å². The molecule has 0 fully saturated rings. The molecule has 2 rings (SSSR count). The Labute approximate surface area is 119 Å². The Morgan fingerprint density at radius 1 is 1.18 bits per heavy atom. The van der Waals surface area contributed by atoms with Crippen molar-refractivity contribution in [1.29, 1.82) is 0 Å². The number of thiophene rings is 1. The Kier molecular flexibility index (Phi) is 5.58. The summed E-state index contributed by atoms with van der Waals surface area (Å²) in [6, 6.07) is 12.7. The largest absolute Gasteiger partial charge is 0.311 e. The van der Waals surface area contributed by atoms with E-state index in [0.29, 0.717) is 0 Å². The summed E-state index contributed by atoms with van der Waals surface area (Å²) in [6.45, 7) is 2.02. The highest BCUT2D eigenvalue weighted by molar-refractivity contribution is 9.10. The van der Waals surface area contributed by atoms with E-state index in [1.165, 1.54) is 9.77 Å². The van der Waals surface area contributed by atoms with E-state index in [2.05, 4.69) is 63.0 Å². The monoisotopic (exact) mass is 327 g/mol. The minimum atomic E-state index is 0.985. The molecule has 0 bridgehead atoms. The Hall–Kier alpha value is -0.290. The molecule has 0 aliphatic carbocycles. The molecule has 0 saturated heterocycles. The van der Waals surface area contributed by atoms with Gasteiger partial charge in [0.15, 0.2) is 0 Å². The molecule has 1 nitrogen and oxygen atoms in total. The second-order valence-electron chi connectivity index (χ2n) is 3.56. The van der Waals surface area contributed by atoms with Crippen LogP contribution in [-0.2, 0) is 6.54 Å². The van der Waals surface area contributed by atoms with Crippen LogP contribution < -0.4 is 5.32 Å². The molecule has 1 aromatic carbocycles. The lowest BCUT2D eigenvalue weighted by atomic mass is 10.4. The summed E-state index contributed by atoms with van der Waals surface area (Å²) in [5, 5.41) is 5.57. The number of benzene rings is 1. The van der Waals surface area contributed by atoms with Crippen molar-refractivity contribution in [3.8, 4) is 0 Å². The molecular formula is C13H14BrNS2. The quantitative estimate of drug-likeness (QED) is 0.623. The summed E-state index contributed by atoms with van der Waals surface area (Å²) in [4.78, 5) is 2.73. The third-order valence-corrected chi connectivity index (χ3v) is 4.66. The van der Waals surface area contributed by atoms with Crippen LogP contribution in [0.3, 0.4) is 0 Å². The van der Waals surface area contributed by atoms with Crippen LogP contribution in [0.25, 0.3) is 0 Å². The second-order valence-corrected chi connectivity index (χ2v) is 6.67. The van der Waals surface area contributed by atoms with Gasteiger partial charge in [0, 0.05) is 33.1 Å². The van der Waals surface area contributed by atoms with E-state index in [4.69, 9.17) is 0 Å². The number of hydrogen-bond donors (Lipinski definition) is 1. The highest BCUT2D eigenvalue weighted by atomic mass is 79.9. The van der Waals surface area contributed by atoms with Crippen molar-refractivity contribution in [3.63, 3.8) is 0 Å². The summed E-state index contributed by atoms with van der Waals surface area (Å²) in [5.41, 5.74) is 0. The fraction of sp³-hybridized carbons (Fsp3) is 0.231. The third kappa shape index (κ3) is 4.84. The predicted molar refractivity (Wildman–Crippen MR) is 80.9 cm³/mol. The van der Waals surface area contributed by atoms with Crippen molar-refractivity contribution < 1.29 is 0 Å². The maximum Gasteiger partial charge on any atom is 0.0300 e. The minimum Gasteiger partial charge on any atom is -0.311 e. The molecule has 1 N–H and O–H groups in total. The summed E-state index contributed by atoms with van der Waals surface area (Å²) >= 11 is 7.13. The molecule has 2 aromatic rings. The minimum absolute atomic E-state index is 0.985. The van der Waals surface area contributed by atoms with Crippen molar-refractivity contribution >= 4 is 39.0 Å². The molecule has 0 amide bonds. The Morgan fingerprint density at radius 3 is 2.71 bits per heavy atom. The van der Waals surface area contributed by atoms with Gasteiger partial charge in [-0.05, 0) is 35.7 Å². The Morgan fingerprint density at radius 2 is 2.00 bits per heavy atom.